The van der Waals surface area contributed by atoms with Gasteiger partial charge in [-0.25, -0.2) is 0 Å². The predicted octanol–water partition coefficient (Wildman–Crippen LogP) is 3.76. The Kier molecular flexibility index (Phi) is 6.34. The molecule has 0 aliphatic rings. The molecule has 0 fully saturated rings. The third kappa shape index (κ3) is 4.81. The molecule has 0 aliphatic heterocycles. The van der Waals surface area contributed by atoms with Crippen molar-refractivity contribution in [2.45, 2.75) is 26.3 Å². The van der Waals surface area contributed by atoms with E-state index in [9.17, 15) is 4.79 Å². The van der Waals surface area contributed by atoms with Gasteiger partial charge in [-0.2, -0.15) is 0 Å². The van der Waals surface area contributed by atoms with Gasteiger partial charge >= 0.3 is 0 Å². The number of benzene rings is 1. The smallest absolute Gasteiger partial charge is 0.292 e. The molecule has 0 N–H and O–H groups in total. The molecule has 0 saturated carbocycles. The van der Waals surface area contributed by atoms with E-state index in [1.165, 1.54) is 0 Å². The minimum atomic E-state index is -0.0806. The van der Waals surface area contributed by atoms with Crippen LogP contribution in [0.3, 0.4) is 0 Å². The molecule has 0 radical (unpaired) electrons. The van der Waals surface area contributed by atoms with E-state index >= 15 is 0 Å². The molecule has 2 aromatic rings. The normalized spacial score (nSPS) is 10.5. The zero-order valence-electron chi connectivity index (χ0n) is 12.6. The Morgan fingerprint density at radius 2 is 1.86 bits per heavy atom. The topological polar surface area (TPSA) is 40.5 Å². The van der Waals surface area contributed by atoms with Crippen molar-refractivity contribution >= 4 is 11.6 Å². The van der Waals surface area contributed by atoms with Gasteiger partial charge in [-0.3, -0.25) is 4.79 Å². The highest BCUT2D eigenvalue weighted by Gasteiger charge is 2.03. The van der Waals surface area contributed by atoms with E-state index in [2.05, 4.69) is 0 Å². The summed E-state index contributed by atoms with van der Waals surface area (Å²) in [6.45, 7) is 3.63. The summed E-state index contributed by atoms with van der Waals surface area (Å²) in [7, 11) is 0. The lowest BCUT2D eigenvalue weighted by Crippen LogP contribution is -2.21. The Labute approximate surface area is 135 Å². The second-order valence-electron chi connectivity index (χ2n) is 4.81. The second kappa shape index (κ2) is 8.49. The fourth-order valence-corrected chi connectivity index (χ4v) is 2.19. The molecule has 0 unspecified atom stereocenters. The Bertz CT molecular complexity index is 637. The Morgan fingerprint density at radius 1 is 1.09 bits per heavy atom. The first-order chi connectivity index (χ1) is 10.7. The van der Waals surface area contributed by atoms with Crippen LogP contribution >= 0.6 is 11.6 Å². The van der Waals surface area contributed by atoms with E-state index in [0.717, 1.165) is 18.6 Å². The number of hydrogen-bond acceptors (Lipinski definition) is 3. The molecule has 0 saturated heterocycles. The number of rotatable bonds is 8. The summed E-state index contributed by atoms with van der Waals surface area (Å²) in [6, 6.07) is 10.8. The molecule has 118 valence electrons. The van der Waals surface area contributed by atoms with Crippen molar-refractivity contribution in [2.24, 2.45) is 0 Å². The number of ether oxygens (including phenoxy) is 2. The van der Waals surface area contributed by atoms with E-state index in [4.69, 9.17) is 21.1 Å². The third-order valence-corrected chi connectivity index (χ3v) is 3.41. The molecule has 1 aromatic carbocycles. The monoisotopic (exact) mass is 321 g/mol. The minimum absolute atomic E-state index is 0.0806. The van der Waals surface area contributed by atoms with Crippen molar-refractivity contribution in [3.8, 4) is 11.5 Å². The van der Waals surface area contributed by atoms with Crippen LogP contribution in [0.5, 0.6) is 11.5 Å². The number of aromatic nitrogens is 1. The summed E-state index contributed by atoms with van der Waals surface area (Å²) in [5.74, 6) is 1.21. The molecule has 4 nitrogen and oxygen atoms in total. The predicted molar refractivity (Wildman–Crippen MR) is 88.1 cm³/mol. The summed E-state index contributed by atoms with van der Waals surface area (Å²) < 4.78 is 12.6. The van der Waals surface area contributed by atoms with Crippen molar-refractivity contribution in [1.29, 1.82) is 0 Å². The highest BCUT2D eigenvalue weighted by Crippen LogP contribution is 2.15. The van der Waals surface area contributed by atoms with E-state index < -0.39 is 0 Å². The number of nitrogens with zero attached hydrogens (tertiary/aromatic N) is 1. The zero-order valence-corrected chi connectivity index (χ0v) is 13.4. The third-order valence-electron chi connectivity index (χ3n) is 3.16. The highest BCUT2D eigenvalue weighted by atomic mass is 35.5. The molecule has 0 amide bonds. The van der Waals surface area contributed by atoms with Gasteiger partial charge in [-0.05, 0) is 56.2 Å². The van der Waals surface area contributed by atoms with Gasteiger partial charge in [0, 0.05) is 17.8 Å². The maximum Gasteiger partial charge on any atom is 0.292 e. The molecule has 1 heterocycles. The zero-order chi connectivity index (χ0) is 15.8. The summed E-state index contributed by atoms with van der Waals surface area (Å²) in [5.41, 5.74) is -0.0806. The van der Waals surface area contributed by atoms with Crippen LogP contribution in [-0.4, -0.2) is 17.8 Å². The molecule has 0 atom stereocenters. The summed E-state index contributed by atoms with van der Waals surface area (Å²) in [4.78, 5) is 12.1. The maximum absolute atomic E-state index is 12.1. The summed E-state index contributed by atoms with van der Waals surface area (Å²) >= 11 is 5.82. The van der Waals surface area contributed by atoms with Crippen LogP contribution in [0.1, 0.15) is 19.8 Å². The largest absolute Gasteiger partial charge is 0.494 e. The first-order valence-electron chi connectivity index (χ1n) is 7.41. The van der Waals surface area contributed by atoms with Crippen molar-refractivity contribution in [2.75, 3.05) is 13.2 Å². The lowest BCUT2D eigenvalue weighted by molar-refractivity contribution is 0.301. The number of unbranched alkanes of at least 4 members (excludes halogenated alkanes) is 1. The lowest BCUT2D eigenvalue weighted by Gasteiger charge is -2.09. The van der Waals surface area contributed by atoms with E-state index in [1.54, 1.807) is 29.0 Å². The molecule has 0 spiro atoms. The Hall–Kier alpha value is -1.94. The quantitative estimate of drug-likeness (QED) is 0.695. The number of aryl methyl sites for hydroxylation is 1. The molecule has 0 aliphatic carbocycles. The van der Waals surface area contributed by atoms with Gasteiger partial charge in [0.2, 0.25) is 0 Å². The number of hydrogen-bond donors (Lipinski definition) is 0. The molecular formula is C17H20ClNO3. The number of pyridine rings is 1. The van der Waals surface area contributed by atoms with Crippen LogP contribution in [0.4, 0.5) is 0 Å². The average Bonchev–Trinajstić information content (AvgIpc) is 2.52. The highest BCUT2D eigenvalue weighted by molar-refractivity contribution is 6.30. The van der Waals surface area contributed by atoms with E-state index in [0.29, 0.717) is 30.5 Å². The maximum atomic E-state index is 12.1. The van der Waals surface area contributed by atoms with Crippen LogP contribution < -0.4 is 15.0 Å². The van der Waals surface area contributed by atoms with Crippen LogP contribution in [-0.2, 0) is 6.54 Å². The van der Waals surface area contributed by atoms with E-state index in [1.807, 2.05) is 25.1 Å². The Balaban J connectivity index is 1.76. The standard InChI is InChI=1S/C17H20ClNO3/c1-2-21-16-6-5-12-19(17(16)20)11-3-4-13-22-15-9-7-14(18)8-10-15/h5-10,12H,2-4,11,13H2,1H3. The van der Waals surface area contributed by atoms with Crippen molar-refractivity contribution in [3.05, 3.63) is 58.0 Å². The van der Waals surface area contributed by atoms with Gasteiger partial charge < -0.3 is 14.0 Å². The first-order valence-corrected chi connectivity index (χ1v) is 7.79. The fourth-order valence-electron chi connectivity index (χ4n) is 2.06. The molecule has 1 aromatic heterocycles. The second-order valence-corrected chi connectivity index (χ2v) is 5.25. The van der Waals surface area contributed by atoms with Gasteiger partial charge in [-0.15, -0.1) is 0 Å². The summed E-state index contributed by atoms with van der Waals surface area (Å²) in [5, 5.41) is 0.695. The van der Waals surface area contributed by atoms with Crippen LogP contribution in [0.2, 0.25) is 5.02 Å². The SMILES string of the molecule is CCOc1cccn(CCCCOc2ccc(Cl)cc2)c1=O. The van der Waals surface area contributed by atoms with E-state index in [-0.39, 0.29) is 5.56 Å². The van der Waals surface area contributed by atoms with Crippen molar-refractivity contribution < 1.29 is 9.47 Å². The molecular weight excluding hydrogens is 302 g/mol. The lowest BCUT2D eigenvalue weighted by atomic mass is 10.3. The Morgan fingerprint density at radius 3 is 2.59 bits per heavy atom. The molecule has 22 heavy (non-hydrogen) atoms. The van der Waals surface area contributed by atoms with Gasteiger partial charge in [0.25, 0.3) is 5.56 Å². The van der Waals surface area contributed by atoms with Crippen molar-refractivity contribution in [1.82, 2.24) is 4.57 Å². The van der Waals surface area contributed by atoms with Crippen LogP contribution in [0.25, 0.3) is 0 Å². The molecule has 5 heteroatoms. The first kappa shape index (κ1) is 16.4. The van der Waals surface area contributed by atoms with Gasteiger partial charge in [0.1, 0.15) is 5.75 Å². The van der Waals surface area contributed by atoms with Crippen molar-refractivity contribution in [3.63, 3.8) is 0 Å². The van der Waals surface area contributed by atoms with Gasteiger partial charge in [-0.1, -0.05) is 11.6 Å². The summed E-state index contributed by atoms with van der Waals surface area (Å²) in [6.07, 6.45) is 3.52. The van der Waals surface area contributed by atoms with Gasteiger partial charge in [0.05, 0.1) is 13.2 Å². The van der Waals surface area contributed by atoms with Gasteiger partial charge in [0.15, 0.2) is 5.75 Å². The number of halogens is 1. The fraction of sp³-hybridized carbons (Fsp3) is 0.353. The molecule has 2 rings (SSSR count). The minimum Gasteiger partial charge on any atom is -0.494 e. The van der Waals surface area contributed by atoms with Crippen LogP contribution in [0.15, 0.2) is 47.4 Å². The molecule has 0 bridgehead atoms. The average molecular weight is 322 g/mol. The van der Waals surface area contributed by atoms with Crippen LogP contribution in [0, 0.1) is 0 Å².